The summed E-state index contributed by atoms with van der Waals surface area (Å²) in [5.41, 5.74) is 1.64. The van der Waals surface area contributed by atoms with Gasteiger partial charge in [-0.05, 0) is 94.9 Å². The Balaban J connectivity index is 1.74. The van der Waals surface area contributed by atoms with Crippen molar-refractivity contribution in [1.29, 1.82) is 0 Å². The Bertz CT molecular complexity index is 1710. The van der Waals surface area contributed by atoms with Crippen LogP contribution in [0.2, 0.25) is 0 Å². The van der Waals surface area contributed by atoms with Gasteiger partial charge in [0.25, 0.3) is 5.56 Å². The molecular formula is C26H20I2N2O7S. The van der Waals surface area contributed by atoms with Crippen LogP contribution in [0.1, 0.15) is 37.9 Å². The smallest absolute Gasteiger partial charge is 0.338 e. The molecule has 3 heterocycles. The summed E-state index contributed by atoms with van der Waals surface area (Å²) in [6.45, 7) is 5.06. The molecule has 0 radical (unpaired) electrons. The van der Waals surface area contributed by atoms with Gasteiger partial charge in [0.05, 0.1) is 32.0 Å². The van der Waals surface area contributed by atoms with E-state index in [4.69, 9.17) is 18.9 Å². The van der Waals surface area contributed by atoms with E-state index in [0.29, 0.717) is 43.4 Å². The first-order chi connectivity index (χ1) is 18.2. The van der Waals surface area contributed by atoms with Crippen LogP contribution in [-0.2, 0) is 14.3 Å². The van der Waals surface area contributed by atoms with E-state index < -0.39 is 18.0 Å². The van der Waals surface area contributed by atoms with E-state index in [9.17, 15) is 14.4 Å². The van der Waals surface area contributed by atoms with E-state index in [0.717, 1.165) is 7.14 Å². The second kappa shape index (κ2) is 10.8. The molecule has 0 N–H and O–H groups in total. The molecule has 0 unspecified atom stereocenters. The van der Waals surface area contributed by atoms with Crippen molar-refractivity contribution in [3.8, 4) is 17.2 Å². The minimum atomic E-state index is -0.786. The third-order valence-electron chi connectivity index (χ3n) is 5.80. The molecule has 196 valence electrons. The van der Waals surface area contributed by atoms with Crippen LogP contribution in [0.3, 0.4) is 0 Å². The molecule has 0 amide bonds. The van der Waals surface area contributed by atoms with Gasteiger partial charge in [-0.15, -0.1) is 0 Å². The number of carbonyl (C=O) groups excluding carboxylic acids is 2. The maximum Gasteiger partial charge on any atom is 0.338 e. The number of hydrogen-bond acceptors (Lipinski definition) is 9. The average Bonchev–Trinajstić information content (AvgIpc) is 3.44. The van der Waals surface area contributed by atoms with Crippen molar-refractivity contribution in [2.24, 2.45) is 4.99 Å². The lowest BCUT2D eigenvalue weighted by molar-refractivity contribution is -0.139. The Morgan fingerprint density at radius 1 is 1.21 bits per heavy atom. The molecule has 2 aromatic carbocycles. The summed E-state index contributed by atoms with van der Waals surface area (Å²) in [4.78, 5) is 43.8. The SMILES string of the molecule is CCOC(=O)C1=C(C)N=c2s/c(=C\c3cc(I)cc(I)c3OC(C)=O)c(=O)n2[C@@H]1c1ccc2c(c1)OCO2. The predicted octanol–water partition coefficient (Wildman–Crippen LogP) is 3.66. The maximum atomic E-state index is 13.9. The summed E-state index contributed by atoms with van der Waals surface area (Å²) in [6, 6.07) is 8.25. The van der Waals surface area contributed by atoms with E-state index in [2.05, 4.69) is 50.2 Å². The van der Waals surface area contributed by atoms with Gasteiger partial charge in [-0.2, -0.15) is 0 Å². The number of ether oxygens (including phenoxy) is 4. The molecule has 38 heavy (non-hydrogen) atoms. The lowest BCUT2D eigenvalue weighted by Crippen LogP contribution is -2.39. The lowest BCUT2D eigenvalue weighted by Gasteiger charge is -2.24. The zero-order valence-corrected chi connectivity index (χ0v) is 25.5. The Kier molecular flexibility index (Phi) is 7.64. The van der Waals surface area contributed by atoms with Crippen LogP contribution in [0, 0.1) is 7.14 Å². The molecule has 0 aliphatic carbocycles. The number of fused-ring (bicyclic) bond motifs is 2. The summed E-state index contributed by atoms with van der Waals surface area (Å²) in [6.07, 6.45) is 1.69. The fourth-order valence-corrected chi connectivity index (χ4v) is 7.31. The van der Waals surface area contributed by atoms with Crippen LogP contribution in [-0.4, -0.2) is 29.9 Å². The van der Waals surface area contributed by atoms with Gasteiger partial charge in [0, 0.05) is 16.1 Å². The third-order valence-corrected chi connectivity index (χ3v) is 8.21. The number of thiazole rings is 1. The van der Waals surface area contributed by atoms with Gasteiger partial charge in [-0.3, -0.25) is 14.2 Å². The molecule has 12 heteroatoms. The van der Waals surface area contributed by atoms with Crippen LogP contribution in [0.4, 0.5) is 0 Å². The van der Waals surface area contributed by atoms with Crippen LogP contribution in [0.15, 0.2) is 51.4 Å². The molecule has 1 aromatic heterocycles. The molecule has 0 spiro atoms. The first-order valence-corrected chi connectivity index (χ1v) is 14.4. The van der Waals surface area contributed by atoms with Crippen molar-refractivity contribution in [2.45, 2.75) is 26.8 Å². The molecular weight excluding hydrogens is 738 g/mol. The number of esters is 2. The second-order valence-electron chi connectivity index (χ2n) is 8.31. The van der Waals surface area contributed by atoms with Gasteiger partial charge in [0.15, 0.2) is 22.0 Å². The molecule has 1 atom stereocenters. The van der Waals surface area contributed by atoms with Gasteiger partial charge < -0.3 is 18.9 Å². The standard InChI is InChI=1S/C26H20I2N2O7S/c1-4-34-25(33)21-12(2)29-26-30(22(21)14-5-6-18-19(8-14)36-11-35-18)24(32)20(38-26)9-15-7-16(27)10-17(28)23(15)37-13(3)31/h5-10,22H,4,11H2,1-3H3/b20-9-/t22-/m1/s1. The highest BCUT2D eigenvalue weighted by Gasteiger charge is 2.34. The zero-order valence-electron chi connectivity index (χ0n) is 20.4. The van der Waals surface area contributed by atoms with E-state index in [1.54, 1.807) is 38.1 Å². The minimum absolute atomic E-state index is 0.0977. The number of halogens is 2. The fraction of sp³-hybridized carbons (Fsp3) is 0.231. The monoisotopic (exact) mass is 758 g/mol. The highest BCUT2D eigenvalue weighted by Crippen LogP contribution is 2.38. The van der Waals surface area contributed by atoms with Crippen LogP contribution in [0.5, 0.6) is 17.2 Å². The van der Waals surface area contributed by atoms with Crippen LogP contribution >= 0.6 is 56.5 Å². The summed E-state index contributed by atoms with van der Waals surface area (Å²) in [5.74, 6) is 0.487. The van der Waals surface area contributed by atoms with Crippen molar-refractivity contribution < 1.29 is 28.5 Å². The average molecular weight is 758 g/mol. The largest absolute Gasteiger partial charge is 0.463 e. The highest BCUT2D eigenvalue weighted by molar-refractivity contribution is 14.1. The van der Waals surface area contributed by atoms with Crippen molar-refractivity contribution in [1.82, 2.24) is 4.57 Å². The molecule has 0 fully saturated rings. The predicted molar refractivity (Wildman–Crippen MR) is 156 cm³/mol. The maximum absolute atomic E-state index is 13.9. The molecule has 0 bridgehead atoms. The molecule has 5 rings (SSSR count). The van der Waals surface area contributed by atoms with E-state index in [1.165, 1.54) is 22.8 Å². The molecule has 2 aliphatic heterocycles. The number of allylic oxidation sites excluding steroid dienone is 1. The number of nitrogens with zero attached hydrogens (tertiary/aromatic N) is 2. The first kappa shape index (κ1) is 26.9. The number of carbonyl (C=O) groups is 2. The number of hydrogen-bond donors (Lipinski definition) is 0. The van der Waals surface area contributed by atoms with Gasteiger partial charge in [-0.1, -0.05) is 17.4 Å². The molecule has 0 saturated carbocycles. The minimum Gasteiger partial charge on any atom is -0.463 e. The second-order valence-corrected chi connectivity index (χ2v) is 11.7. The Morgan fingerprint density at radius 3 is 2.71 bits per heavy atom. The van der Waals surface area contributed by atoms with E-state index in [1.807, 2.05) is 12.1 Å². The topological polar surface area (TPSA) is 105 Å². The summed E-state index contributed by atoms with van der Waals surface area (Å²) in [7, 11) is 0. The van der Waals surface area contributed by atoms with Gasteiger partial charge in [0.2, 0.25) is 6.79 Å². The molecule has 3 aromatic rings. The molecule has 9 nitrogen and oxygen atoms in total. The van der Waals surface area contributed by atoms with Gasteiger partial charge in [-0.25, -0.2) is 9.79 Å². The van der Waals surface area contributed by atoms with Crippen LogP contribution in [0.25, 0.3) is 6.08 Å². The Morgan fingerprint density at radius 2 is 1.97 bits per heavy atom. The lowest BCUT2D eigenvalue weighted by atomic mass is 9.95. The highest BCUT2D eigenvalue weighted by atomic mass is 127. The normalized spacial score (nSPS) is 16.2. The van der Waals surface area contributed by atoms with Crippen molar-refractivity contribution in [3.63, 3.8) is 0 Å². The quantitative estimate of drug-likeness (QED) is 0.223. The van der Waals surface area contributed by atoms with Crippen molar-refractivity contribution in [2.75, 3.05) is 13.4 Å². The van der Waals surface area contributed by atoms with Gasteiger partial charge >= 0.3 is 11.9 Å². The van der Waals surface area contributed by atoms with Crippen LogP contribution < -0.4 is 29.1 Å². The Hall–Kier alpha value is -2.72. The van der Waals surface area contributed by atoms with Gasteiger partial charge in [0.1, 0.15) is 0 Å². The molecule has 2 aliphatic rings. The summed E-state index contributed by atoms with van der Waals surface area (Å²) < 4.78 is 25.3. The van der Waals surface area contributed by atoms with E-state index >= 15 is 0 Å². The van der Waals surface area contributed by atoms with Crippen molar-refractivity contribution in [3.05, 3.63) is 79.6 Å². The first-order valence-electron chi connectivity index (χ1n) is 11.4. The third kappa shape index (κ3) is 5.00. The fourth-order valence-electron chi connectivity index (χ4n) is 4.27. The van der Waals surface area contributed by atoms with E-state index in [-0.39, 0.29) is 24.5 Å². The zero-order chi connectivity index (χ0) is 27.1. The number of aromatic nitrogens is 1. The molecule has 0 saturated heterocycles. The Labute approximate surface area is 248 Å². The summed E-state index contributed by atoms with van der Waals surface area (Å²) >= 11 is 5.46. The summed E-state index contributed by atoms with van der Waals surface area (Å²) in [5, 5.41) is 0. The van der Waals surface area contributed by atoms with Crippen molar-refractivity contribution >= 4 is 74.5 Å². The number of rotatable bonds is 5. The number of benzene rings is 2.